The van der Waals surface area contributed by atoms with E-state index in [1.165, 1.54) is 22.3 Å². The smallest absolute Gasteiger partial charge is 0.230 e. The summed E-state index contributed by atoms with van der Waals surface area (Å²) >= 11 is 0. The lowest BCUT2D eigenvalue weighted by atomic mass is 9.81. The summed E-state index contributed by atoms with van der Waals surface area (Å²) in [7, 11) is 0. The van der Waals surface area contributed by atoms with Gasteiger partial charge in [-0.25, -0.2) is 0 Å². The van der Waals surface area contributed by atoms with Crippen LogP contribution in [0, 0.1) is 32.6 Å². The second kappa shape index (κ2) is 14.8. The molecule has 1 heterocycles. The number of anilines is 4. The summed E-state index contributed by atoms with van der Waals surface area (Å²) in [6.07, 6.45) is 3.79. The number of nitrogens with zero attached hydrogens (tertiary/aromatic N) is 4. The van der Waals surface area contributed by atoms with Gasteiger partial charge in [0.25, 0.3) is 0 Å². The molecule has 0 atom stereocenters. The van der Waals surface area contributed by atoms with Crippen molar-refractivity contribution in [2.24, 2.45) is 11.8 Å². The molecule has 1 aliphatic rings. The standard InChI is InChI=1S/C36H45N7O/c1-5-43(32-16-9-11-25(2)21-32)33(44)30-19-17-29(18-20-30)23-38-35-40-34(37-22-28-13-7-6-8-14-28)41-36(42-35)39-24-31-15-10-12-26(3)27(31)4/h6-16,21,29-30H,5,17-20,22-24H2,1-4H3,(H3,37,38,39,40,41,42). The van der Waals surface area contributed by atoms with Gasteiger partial charge in [0, 0.05) is 37.8 Å². The van der Waals surface area contributed by atoms with Gasteiger partial charge in [-0.2, -0.15) is 15.0 Å². The molecule has 0 bridgehead atoms. The van der Waals surface area contributed by atoms with Crippen LogP contribution in [0.5, 0.6) is 0 Å². The first-order chi connectivity index (χ1) is 21.4. The van der Waals surface area contributed by atoms with Crippen molar-refractivity contribution < 1.29 is 4.79 Å². The molecule has 1 aromatic heterocycles. The fourth-order valence-corrected chi connectivity index (χ4v) is 5.90. The van der Waals surface area contributed by atoms with Crippen molar-refractivity contribution in [3.63, 3.8) is 0 Å². The van der Waals surface area contributed by atoms with Gasteiger partial charge in [-0.15, -0.1) is 0 Å². The largest absolute Gasteiger partial charge is 0.354 e. The lowest BCUT2D eigenvalue weighted by molar-refractivity contribution is -0.123. The van der Waals surface area contributed by atoms with Crippen molar-refractivity contribution in [2.45, 2.75) is 66.5 Å². The molecular weight excluding hydrogens is 546 g/mol. The molecule has 8 heteroatoms. The molecule has 1 saturated carbocycles. The first-order valence-electron chi connectivity index (χ1n) is 15.8. The van der Waals surface area contributed by atoms with Gasteiger partial charge in [0.05, 0.1) is 0 Å². The van der Waals surface area contributed by atoms with Crippen molar-refractivity contribution in [1.29, 1.82) is 0 Å². The Morgan fingerprint density at radius 1 is 0.773 bits per heavy atom. The van der Waals surface area contributed by atoms with E-state index in [0.29, 0.717) is 43.4 Å². The minimum absolute atomic E-state index is 0.0681. The van der Waals surface area contributed by atoms with Crippen LogP contribution in [0.15, 0.2) is 72.8 Å². The van der Waals surface area contributed by atoms with Crippen LogP contribution >= 0.6 is 0 Å². The summed E-state index contributed by atoms with van der Waals surface area (Å²) in [4.78, 5) is 29.5. The number of aromatic nitrogens is 3. The Morgan fingerprint density at radius 2 is 1.43 bits per heavy atom. The van der Waals surface area contributed by atoms with Crippen LogP contribution in [0.4, 0.5) is 23.5 Å². The van der Waals surface area contributed by atoms with Crippen LogP contribution < -0.4 is 20.9 Å². The van der Waals surface area contributed by atoms with E-state index in [2.05, 4.69) is 91.1 Å². The fraction of sp³-hybridized carbons (Fsp3) is 0.389. The topological polar surface area (TPSA) is 95.1 Å². The Balaban J connectivity index is 1.21. The predicted molar refractivity (Wildman–Crippen MR) is 180 cm³/mol. The van der Waals surface area contributed by atoms with E-state index in [4.69, 9.17) is 9.97 Å². The van der Waals surface area contributed by atoms with E-state index in [1.54, 1.807) is 0 Å². The van der Waals surface area contributed by atoms with Gasteiger partial charge in [-0.05, 0) is 99.2 Å². The summed E-state index contributed by atoms with van der Waals surface area (Å²) in [5, 5.41) is 10.3. The Kier molecular flexibility index (Phi) is 10.4. The van der Waals surface area contributed by atoms with Crippen LogP contribution in [0.1, 0.15) is 60.4 Å². The van der Waals surface area contributed by atoms with Gasteiger partial charge in [0.1, 0.15) is 0 Å². The Bertz CT molecular complexity index is 1530. The summed E-state index contributed by atoms with van der Waals surface area (Å²) < 4.78 is 0. The van der Waals surface area contributed by atoms with Gasteiger partial charge in [-0.1, -0.05) is 60.7 Å². The molecule has 230 valence electrons. The number of aryl methyl sites for hydroxylation is 2. The Morgan fingerprint density at radius 3 is 2.11 bits per heavy atom. The minimum atomic E-state index is 0.0681. The number of carbonyl (C=O) groups excluding carboxylic acids is 1. The third-order valence-electron chi connectivity index (χ3n) is 8.72. The number of nitrogens with one attached hydrogen (secondary N) is 3. The maximum Gasteiger partial charge on any atom is 0.230 e. The molecule has 44 heavy (non-hydrogen) atoms. The number of carbonyl (C=O) groups is 1. The van der Waals surface area contributed by atoms with Gasteiger partial charge in [0.2, 0.25) is 23.8 Å². The number of hydrogen-bond donors (Lipinski definition) is 3. The number of rotatable bonds is 12. The normalized spacial score (nSPS) is 16.3. The van der Waals surface area contributed by atoms with Crippen molar-refractivity contribution >= 4 is 29.4 Å². The van der Waals surface area contributed by atoms with Crippen LogP contribution in [0.3, 0.4) is 0 Å². The van der Waals surface area contributed by atoms with E-state index in [1.807, 2.05) is 35.2 Å². The zero-order valence-corrected chi connectivity index (χ0v) is 26.4. The molecule has 3 N–H and O–H groups in total. The van der Waals surface area contributed by atoms with Gasteiger partial charge < -0.3 is 20.9 Å². The summed E-state index contributed by atoms with van der Waals surface area (Å²) in [5.74, 6) is 2.38. The molecule has 0 aliphatic heterocycles. The van der Waals surface area contributed by atoms with Crippen molar-refractivity contribution in [2.75, 3.05) is 33.9 Å². The van der Waals surface area contributed by atoms with Crippen LogP contribution in [0.2, 0.25) is 0 Å². The van der Waals surface area contributed by atoms with Crippen LogP contribution in [-0.4, -0.2) is 33.9 Å². The maximum absolute atomic E-state index is 13.4. The summed E-state index contributed by atoms with van der Waals surface area (Å²) in [5.41, 5.74) is 7.07. The minimum Gasteiger partial charge on any atom is -0.354 e. The quantitative estimate of drug-likeness (QED) is 0.159. The van der Waals surface area contributed by atoms with Crippen molar-refractivity contribution in [3.8, 4) is 0 Å². The average Bonchev–Trinajstić information content (AvgIpc) is 3.04. The van der Waals surface area contributed by atoms with Gasteiger partial charge in [-0.3, -0.25) is 4.79 Å². The molecule has 0 spiro atoms. The first kappa shape index (κ1) is 31.0. The van der Waals surface area contributed by atoms with E-state index < -0.39 is 0 Å². The average molecular weight is 592 g/mol. The highest BCUT2D eigenvalue weighted by molar-refractivity contribution is 5.95. The molecule has 1 fully saturated rings. The molecule has 5 rings (SSSR count). The zero-order valence-electron chi connectivity index (χ0n) is 26.4. The highest BCUT2D eigenvalue weighted by Crippen LogP contribution is 2.32. The van der Waals surface area contributed by atoms with Gasteiger partial charge in [0.15, 0.2) is 0 Å². The van der Waals surface area contributed by atoms with Gasteiger partial charge >= 0.3 is 0 Å². The molecule has 0 saturated heterocycles. The summed E-state index contributed by atoms with van der Waals surface area (Å²) in [6.45, 7) is 11.1. The van der Waals surface area contributed by atoms with Crippen LogP contribution in [0.25, 0.3) is 0 Å². The maximum atomic E-state index is 13.4. The van der Waals surface area contributed by atoms with E-state index >= 15 is 0 Å². The molecule has 0 radical (unpaired) electrons. The van der Waals surface area contributed by atoms with Crippen molar-refractivity contribution in [1.82, 2.24) is 15.0 Å². The third-order valence-corrected chi connectivity index (χ3v) is 8.72. The monoisotopic (exact) mass is 591 g/mol. The Labute approximate surface area is 261 Å². The number of hydrogen-bond acceptors (Lipinski definition) is 7. The van der Waals surface area contributed by atoms with E-state index in [-0.39, 0.29) is 11.8 Å². The molecule has 0 unspecified atom stereocenters. The lowest BCUT2D eigenvalue weighted by Crippen LogP contribution is -2.38. The van der Waals surface area contributed by atoms with E-state index in [9.17, 15) is 4.79 Å². The highest BCUT2D eigenvalue weighted by atomic mass is 16.2. The fourth-order valence-electron chi connectivity index (χ4n) is 5.90. The predicted octanol–water partition coefficient (Wildman–Crippen LogP) is 7.29. The molecule has 8 nitrogen and oxygen atoms in total. The zero-order chi connectivity index (χ0) is 30.9. The lowest BCUT2D eigenvalue weighted by Gasteiger charge is -2.32. The third kappa shape index (κ3) is 8.13. The first-order valence-corrected chi connectivity index (χ1v) is 15.8. The molecular formula is C36H45N7O. The number of amides is 1. The molecule has 3 aromatic carbocycles. The Hall–Kier alpha value is -4.46. The second-order valence-corrected chi connectivity index (χ2v) is 11.9. The molecule has 4 aromatic rings. The summed E-state index contributed by atoms with van der Waals surface area (Å²) in [6, 6.07) is 24.8. The number of benzene rings is 3. The molecule has 1 amide bonds. The van der Waals surface area contributed by atoms with Crippen LogP contribution in [-0.2, 0) is 17.9 Å². The van der Waals surface area contributed by atoms with E-state index in [0.717, 1.165) is 43.5 Å². The van der Waals surface area contributed by atoms with Crippen molar-refractivity contribution in [3.05, 3.63) is 101 Å². The highest BCUT2D eigenvalue weighted by Gasteiger charge is 2.29. The molecule has 1 aliphatic carbocycles. The second-order valence-electron chi connectivity index (χ2n) is 11.9. The SMILES string of the molecule is CCN(C(=O)C1CCC(CNc2nc(NCc3ccccc3)nc(NCc3cccc(C)c3C)n2)CC1)c1cccc(C)c1.